The zero-order valence-electron chi connectivity index (χ0n) is 31.2. The lowest BCUT2D eigenvalue weighted by Gasteiger charge is -2.54. The van der Waals surface area contributed by atoms with Crippen molar-refractivity contribution >= 4 is 11.6 Å². The first-order chi connectivity index (χ1) is 25.7. The minimum atomic E-state index is -0.178. The van der Waals surface area contributed by atoms with E-state index in [1.165, 1.54) is 30.5 Å². The minimum Gasteiger partial charge on any atom is -0.508 e. The summed E-state index contributed by atoms with van der Waals surface area (Å²) in [6, 6.07) is 26.4. The van der Waals surface area contributed by atoms with E-state index in [1.807, 2.05) is 30.3 Å². The second kappa shape index (κ2) is 13.5. The maximum absolute atomic E-state index is 16.4. The Morgan fingerprint density at radius 3 is 2.42 bits per heavy atom. The third kappa shape index (κ3) is 6.29. The summed E-state index contributed by atoms with van der Waals surface area (Å²) in [5, 5.41) is 13.2. The Labute approximate surface area is 313 Å². The fraction of sp³-hybridized carbons (Fsp3) is 0.457. The van der Waals surface area contributed by atoms with Gasteiger partial charge in [-0.05, 0) is 139 Å². The molecular weight excluding hydrogens is 662 g/mol. The Balaban J connectivity index is 0.838. The van der Waals surface area contributed by atoms with Crippen LogP contribution in [-0.4, -0.2) is 55.7 Å². The van der Waals surface area contributed by atoms with E-state index in [9.17, 15) is 9.90 Å². The number of aromatic hydroxyl groups is 1. The van der Waals surface area contributed by atoms with Crippen LogP contribution in [0.4, 0.5) is 10.1 Å². The first-order valence-electron chi connectivity index (χ1n) is 19.8. The van der Waals surface area contributed by atoms with E-state index in [1.54, 1.807) is 19.2 Å². The molecule has 2 saturated heterocycles. The van der Waals surface area contributed by atoms with Crippen molar-refractivity contribution in [2.45, 2.75) is 82.1 Å². The van der Waals surface area contributed by atoms with E-state index in [0.717, 1.165) is 104 Å². The molecule has 4 aromatic carbocycles. The van der Waals surface area contributed by atoms with Crippen LogP contribution in [0.5, 0.6) is 11.5 Å². The van der Waals surface area contributed by atoms with E-state index < -0.39 is 0 Å². The summed E-state index contributed by atoms with van der Waals surface area (Å²) < 4.78 is 22.4. The number of phenolic OH excluding ortho intramolecular Hbond substituents is 1. The van der Waals surface area contributed by atoms with Crippen molar-refractivity contribution in [1.82, 2.24) is 10.2 Å². The van der Waals surface area contributed by atoms with Gasteiger partial charge >= 0.3 is 0 Å². The summed E-state index contributed by atoms with van der Waals surface area (Å²) in [7, 11) is 1.70. The number of ether oxygens (including phenoxy) is 1. The number of benzene rings is 4. The molecule has 0 radical (unpaired) electrons. The molecule has 1 spiro atoms. The fourth-order valence-corrected chi connectivity index (χ4v) is 10.9. The highest BCUT2D eigenvalue weighted by Crippen LogP contribution is 2.54. The van der Waals surface area contributed by atoms with Gasteiger partial charge in [-0.1, -0.05) is 55.5 Å². The summed E-state index contributed by atoms with van der Waals surface area (Å²) in [5.74, 6) is 1.74. The number of rotatable bonds is 7. The van der Waals surface area contributed by atoms with Gasteiger partial charge in [0.15, 0.2) is 0 Å². The number of amides is 1. The van der Waals surface area contributed by atoms with Crippen LogP contribution in [0.25, 0.3) is 0 Å². The topological polar surface area (TPSA) is 65.0 Å². The van der Waals surface area contributed by atoms with Crippen LogP contribution in [-0.2, 0) is 18.4 Å². The molecule has 6 nitrogen and oxygen atoms in total. The van der Waals surface area contributed by atoms with E-state index in [-0.39, 0.29) is 34.7 Å². The van der Waals surface area contributed by atoms with Crippen LogP contribution in [0, 0.1) is 17.2 Å². The third-order valence-corrected chi connectivity index (χ3v) is 14.0. The number of hydrogen-bond acceptors (Lipinski definition) is 5. The molecule has 2 atom stereocenters. The Morgan fingerprint density at radius 2 is 1.66 bits per heavy atom. The molecule has 53 heavy (non-hydrogen) atoms. The molecule has 276 valence electrons. The summed E-state index contributed by atoms with van der Waals surface area (Å²) in [5.41, 5.74) is 8.95. The molecule has 1 amide bonds. The number of nitrogens with one attached hydrogen (secondary N) is 1. The average Bonchev–Trinajstić information content (AvgIpc) is 3.54. The van der Waals surface area contributed by atoms with Gasteiger partial charge in [0.1, 0.15) is 17.3 Å². The molecule has 7 heteroatoms. The van der Waals surface area contributed by atoms with Crippen molar-refractivity contribution in [3.05, 3.63) is 124 Å². The number of piperidine rings is 2. The summed E-state index contributed by atoms with van der Waals surface area (Å²) in [6.45, 7) is 8.23. The summed E-state index contributed by atoms with van der Waals surface area (Å²) in [4.78, 5) is 17.0. The molecule has 3 heterocycles. The van der Waals surface area contributed by atoms with Gasteiger partial charge < -0.3 is 25.0 Å². The van der Waals surface area contributed by atoms with Gasteiger partial charge in [-0.15, -0.1) is 0 Å². The van der Waals surface area contributed by atoms with Gasteiger partial charge in [-0.25, -0.2) is 4.39 Å². The number of nitrogens with zero attached hydrogens (tertiary/aromatic N) is 2. The first-order valence-corrected chi connectivity index (χ1v) is 19.8. The van der Waals surface area contributed by atoms with Crippen LogP contribution >= 0.6 is 0 Å². The van der Waals surface area contributed by atoms with E-state index >= 15 is 4.39 Å². The summed E-state index contributed by atoms with van der Waals surface area (Å²) >= 11 is 0. The van der Waals surface area contributed by atoms with Gasteiger partial charge in [-0.2, -0.15) is 0 Å². The van der Waals surface area contributed by atoms with Crippen LogP contribution in [0.2, 0.25) is 0 Å². The number of phenols is 1. The number of fused-ring (bicyclic) bond motifs is 2. The van der Waals surface area contributed by atoms with Crippen molar-refractivity contribution in [2.24, 2.45) is 11.3 Å². The zero-order valence-corrected chi connectivity index (χ0v) is 31.2. The second-order valence-corrected chi connectivity index (χ2v) is 17.1. The average molecular weight is 714 g/mol. The number of anilines is 1. The van der Waals surface area contributed by atoms with Crippen molar-refractivity contribution in [2.75, 3.05) is 44.7 Å². The number of carbonyl (C=O) groups is 1. The number of aryl methyl sites for hydroxylation is 1. The number of halogens is 1. The number of carbonyl (C=O) groups excluding carboxylic acids is 1. The number of methoxy groups -OCH3 is 1. The lowest BCUT2D eigenvalue weighted by molar-refractivity contribution is 0.000769. The predicted molar refractivity (Wildman–Crippen MR) is 208 cm³/mol. The lowest BCUT2D eigenvalue weighted by Crippen LogP contribution is -2.51. The maximum atomic E-state index is 16.4. The first kappa shape index (κ1) is 34.4. The van der Waals surface area contributed by atoms with Crippen molar-refractivity contribution < 1.29 is 19.0 Å². The van der Waals surface area contributed by atoms with Gasteiger partial charge in [0.05, 0.1) is 12.8 Å². The zero-order chi connectivity index (χ0) is 36.3. The summed E-state index contributed by atoms with van der Waals surface area (Å²) in [6.07, 6.45) is 8.86. The number of likely N-dealkylation sites (tertiary alicyclic amines) is 1. The van der Waals surface area contributed by atoms with Crippen molar-refractivity contribution in [3.63, 3.8) is 0 Å². The SMILES string of the molecule is COc1cc(N2CCC3(CC2)CC(CN2CCC(C)(c4ccc5c(c4)CNC5=O)CC2)C3)c(F)cc1C1c2ccc(O)cc2CCC1c1ccccc1. The molecule has 2 aliphatic carbocycles. The molecule has 0 bridgehead atoms. The van der Waals surface area contributed by atoms with Crippen molar-refractivity contribution in [1.29, 1.82) is 0 Å². The Morgan fingerprint density at radius 1 is 0.887 bits per heavy atom. The maximum Gasteiger partial charge on any atom is 0.251 e. The molecule has 9 rings (SSSR count). The standard InChI is InChI=1S/C46H52FN3O3/c1-45(34-9-12-38-33(22-34)28-48-44(38)52)14-18-49(19-15-45)29-30-26-46(27-30)16-20-50(21-17-46)41-25-42(53-2)39(24-40(41)47)43-36(31-6-4-3-5-7-31)11-8-32-23-35(51)10-13-37(32)43/h3-7,9-10,12-13,22-25,30,36,43,51H,8,11,14-21,26-29H2,1-2H3,(H,48,52). The Bertz CT molecular complexity index is 2010. The lowest BCUT2D eigenvalue weighted by atomic mass is 9.57. The highest BCUT2D eigenvalue weighted by molar-refractivity contribution is 5.98. The molecule has 0 aromatic heterocycles. The van der Waals surface area contributed by atoms with Crippen LogP contribution in [0.1, 0.15) is 107 Å². The highest BCUT2D eigenvalue weighted by atomic mass is 19.1. The molecule has 3 fully saturated rings. The minimum absolute atomic E-state index is 0.0549. The molecule has 2 unspecified atom stereocenters. The van der Waals surface area contributed by atoms with Crippen LogP contribution in [0.15, 0.2) is 78.9 Å². The molecule has 4 aromatic rings. The Hall–Kier alpha value is -4.36. The Kier molecular flexibility index (Phi) is 8.76. The van der Waals surface area contributed by atoms with E-state index in [4.69, 9.17) is 4.74 Å². The molecule has 2 N–H and O–H groups in total. The quantitative estimate of drug-likeness (QED) is 0.201. The molecule has 1 saturated carbocycles. The largest absolute Gasteiger partial charge is 0.508 e. The van der Waals surface area contributed by atoms with Gasteiger partial charge in [0.25, 0.3) is 5.91 Å². The smallest absolute Gasteiger partial charge is 0.251 e. The monoisotopic (exact) mass is 713 g/mol. The van der Waals surface area contributed by atoms with Gasteiger partial charge in [0, 0.05) is 49.3 Å². The fourth-order valence-electron chi connectivity index (χ4n) is 10.9. The molecule has 3 aliphatic heterocycles. The second-order valence-electron chi connectivity index (χ2n) is 17.1. The molecular formula is C46H52FN3O3. The van der Waals surface area contributed by atoms with Gasteiger partial charge in [-0.3, -0.25) is 4.79 Å². The van der Waals surface area contributed by atoms with E-state index in [0.29, 0.717) is 17.6 Å². The number of hydrogen-bond donors (Lipinski definition) is 2. The third-order valence-electron chi connectivity index (χ3n) is 14.0. The van der Waals surface area contributed by atoms with Crippen LogP contribution in [0.3, 0.4) is 0 Å². The van der Waals surface area contributed by atoms with Crippen LogP contribution < -0.4 is 15.0 Å². The normalized spacial score (nSPS) is 23.6. The van der Waals surface area contributed by atoms with Gasteiger partial charge in [0.2, 0.25) is 0 Å². The highest BCUT2D eigenvalue weighted by Gasteiger charge is 2.47. The molecule has 5 aliphatic rings. The predicted octanol–water partition coefficient (Wildman–Crippen LogP) is 8.70. The van der Waals surface area contributed by atoms with Crippen molar-refractivity contribution in [3.8, 4) is 11.5 Å². The van der Waals surface area contributed by atoms with E-state index in [2.05, 4.69) is 58.4 Å².